The number of ether oxygens (including phenoxy) is 1. The van der Waals surface area contributed by atoms with Crippen molar-refractivity contribution in [2.45, 2.75) is 26.4 Å². The molecule has 0 bridgehead atoms. The molecule has 0 radical (unpaired) electrons. The van der Waals surface area contributed by atoms with Crippen LogP contribution in [0.3, 0.4) is 0 Å². The molecule has 2 rings (SSSR count). The van der Waals surface area contributed by atoms with Crippen LogP contribution in [0.2, 0.25) is 0 Å². The predicted octanol–water partition coefficient (Wildman–Crippen LogP) is 1.12. The van der Waals surface area contributed by atoms with Gasteiger partial charge in [-0.25, -0.2) is 5.84 Å². The third-order valence-corrected chi connectivity index (χ3v) is 2.60. The van der Waals surface area contributed by atoms with Crippen LogP contribution in [0.25, 0.3) is 0 Å². The van der Waals surface area contributed by atoms with Crippen LogP contribution >= 0.6 is 0 Å². The van der Waals surface area contributed by atoms with Crippen molar-refractivity contribution in [3.05, 3.63) is 23.2 Å². The van der Waals surface area contributed by atoms with E-state index in [9.17, 15) is 4.79 Å². The van der Waals surface area contributed by atoms with E-state index in [-0.39, 0.29) is 5.76 Å². The second kappa shape index (κ2) is 4.67. The van der Waals surface area contributed by atoms with Crippen molar-refractivity contribution in [1.82, 2.24) is 5.43 Å². The molecule has 5 nitrogen and oxygen atoms in total. The molecule has 1 amide bonds. The second-order valence-electron chi connectivity index (χ2n) is 4.16. The lowest BCUT2D eigenvalue weighted by atomic mass is 10.2. The minimum absolute atomic E-state index is 0.257. The Balaban J connectivity index is 1.91. The van der Waals surface area contributed by atoms with Gasteiger partial charge >= 0.3 is 5.91 Å². The second-order valence-corrected chi connectivity index (χ2v) is 4.16. The molecule has 5 heteroatoms. The summed E-state index contributed by atoms with van der Waals surface area (Å²) in [5.41, 5.74) is 2.82. The van der Waals surface area contributed by atoms with Gasteiger partial charge < -0.3 is 9.15 Å². The first-order chi connectivity index (χ1) is 7.70. The van der Waals surface area contributed by atoms with Crippen molar-refractivity contribution >= 4 is 5.91 Å². The van der Waals surface area contributed by atoms with Crippen LogP contribution in [0.4, 0.5) is 0 Å². The number of nitrogens with two attached hydrogens (primary N) is 1. The molecule has 0 aliphatic heterocycles. The summed E-state index contributed by atoms with van der Waals surface area (Å²) in [5.74, 6) is 6.27. The summed E-state index contributed by atoms with van der Waals surface area (Å²) in [6, 6.07) is 1.80. The Morgan fingerprint density at radius 1 is 1.69 bits per heavy atom. The Bertz CT molecular complexity index is 383. The first-order valence-corrected chi connectivity index (χ1v) is 5.38. The number of hydrazine groups is 1. The highest BCUT2D eigenvalue weighted by atomic mass is 16.5. The Labute approximate surface area is 93.9 Å². The summed E-state index contributed by atoms with van der Waals surface area (Å²) in [7, 11) is 0. The molecule has 0 atom stereocenters. The third-order valence-electron chi connectivity index (χ3n) is 2.60. The maximum Gasteiger partial charge on any atom is 0.301 e. The largest absolute Gasteiger partial charge is 0.453 e. The van der Waals surface area contributed by atoms with Crippen LogP contribution in [0.1, 0.15) is 34.7 Å². The minimum Gasteiger partial charge on any atom is -0.453 e. The van der Waals surface area contributed by atoms with E-state index in [0.717, 1.165) is 18.1 Å². The van der Waals surface area contributed by atoms with Gasteiger partial charge in [-0.1, -0.05) is 0 Å². The maximum absolute atomic E-state index is 11.3. The summed E-state index contributed by atoms with van der Waals surface area (Å²) >= 11 is 0. The number of nitrogen functional groups attached to an aromatic ring is 1. The van der Waals surface area contributed by atoms with Crippen LogP contribution < -0.4 is 11.3 Å². The minimum atomic E-state index is -0.411. The number of carbonyl (C=O) groups excluding carboxylic acids is 1. The highest BCUT2D eigenvalue weighted by Gasteiger charge is 2.21. The highest BCUT2D eigenvalue weighted by Crippen LogP contribution is 2.29. The van der Waals surface area contributed by atoms with Crippen LogP contribution in [-0.4, -0.2) is 12.5 Å². The fourth-order valence-electron chi connectivity index (χ4n) is 1.52. The number of aryl methyl sites for hydroxylation is 1. The van der Waals surface area contributed by atoms with E-state index in [1.54, 1.807) is 13.0 Å². The molecule has 1 fully saturated rings. The molecule has 3 N–H and O–H groups in total. The quantitative estimate of drug-likeness (QED) is 0.446. The Morgan fingerprint density at radius 2 is 2.44 bits per heavy atom. The predicted molar refractivity (Wildman–Crippen MR) is 57.5 cm³/mol. The zero-order valence-corrected chi connectivity index (χ0v) is 9.29. The lowest BCUT2D eigenvalue weighted by Gasteiger charge is -1.99. The molecule has 1 saturated carbocycles. The van der Waals surface area contributed by atoms with Crippen molar-refractivity contribution < 1.29 is 13.9 Å². The molecular weight excluding hydrogens is 208 g/mol. The van der Waals surface area contributed by atoms with Gasteiger partial charge in [0, 0.05) is 12.2 Å². The summed E-state index contributed by atoms with van der Waals surface area (Å²) in [6.45, 7) is 2.99. The fraction of sp³-hybridized carbons (Fsp3) is 0.545. The lowest BCUT2D eigenvalue weighted by Crippen LogP contribution is -2.30. The molecule has 0 spiro atoms. The van der Waals surface area contributed by atoms with Crippen LogP contribution in [-0.2, 0) is 11.3 Å². The van der Waals surface area contributed by atoms with Crippen LogP contribution in [0.5, 0.6) is 0 Å². The van der Waals surface area contributed by atoms with E-state index in [0.29, 0.717) is 12.4 Å². The molecule has 1 aromatic rings. The van der Waals surface area contributed by atoms with Crippen molar-refractivity contribution in [1.29, 1.82) is 0 Å². The molecule has 0 aromatic carbocycles. The summed E-state index contributed by atoms with van der Waals surface area (Å²) in [4.78, 5) is 11.3. The van der Waals surface area contributed by atoms with Gasteiger partial charge in [-0.05, 0) is 31.7 Å². The van der Waals surface area contributed by atoms with Gasteiger partial charge in [0.15, 0.2) is 5.76 Å². The first kappa shape index (κ1) is 11.2. The lowest BCUT2D eigenvalue weighted by molar-refractivity contribution is 0.0874. The highest BCUT2D eigenvalue weighted by molar-refractivity contribution is 5.92. The fourth-order valence-corrected chi connectivity index (χ4v) is 1.52. The standard InChI is InChI=1S/C11H16N2O3/c1-7-4-9(6-15-5-8-2-3-8)16-10(7)11(14)13-12/h4,8H,2-3,5-6,12H2,1H3,(H,13,14). The van der Waals surface area contributed by atoms with Crippen molar-refractivity contribution in [2.75, 3.05) is 6.61 Å². The summed E-state index contributed by atoms with van der Waals surface area (Å²) in [5, 5.41) is 0. The van der Waals surface area contributed by atoms with Gasteiger partial charge in [-0.15, -0.1) is 0 Å². The number of hydrogen-bond donors (Lipinski definition) is 2. The zero-order valence-electron chi connectivity index (χ0n) is 9.29. The number of rotatable bonds is 5. The number of hydrogen-bond acceptors (Lipinski definition) is 4. The topological polar surface area (TPSA) is 77.5 Å². The molecule has 1 aliphatic rings. The molecular formula is C11H16N2O3. The molecule has 1 heterocycles. The molecule has 1 aromatic heterocycles. The Kier molecular flexibility index (Phi) is 3.26. The summed E-state index contributed by atoms with van der Waals surface area (Å²) < 4.78 is 10.8. The van der Waals surface area contributed by atoms with E-state index in [4.69, 9.17) is 15.0 Å². The summed E-state index contributed by atoms with van der Waals surface area (Å²) in [6.07, 6.45) is 2.52. The van der Waals surface area contributed by atoms with Crippen molar-refractivity contribution in [3.63, 3.8) is 0 Å². The van der Waals surface area contributed by atoms with Gasteiger partial charge in [0.2, 0.25) is 0 Å². The number of furan rings is 1. The van der Waals surface area contributed by atoms with Gasteiger partial charge in [0.05, 0.1) is 0 Å². The van der Waals surface area contributed by atoms with Gasteiger partial charge in [0.1, 0.15) is 12.4 Å². The molecule has 16 heavy (non-hydrogen) atoms. The zero-order chi connectivity index (χ0) is 11.5. The SMILES string of the molecule is Cc1cc(COCC2CC2)oc1C(=O)NN. The molecule has 1 aliphatic carbocycles. The Morgan fingerprint density at radius 3 is 3.06 bits per heavy atom. The average molecular weight is 224 g/mol. The number of amides is 1. The van der Waals surface area contributed by atoms with Gasteiger partial charge in [0.25, 0.3) is 0 Å². The van der Waals surface area contributed by atoms with E-state index >= 15 is 0 Å². The average Bonchev–Trinajstić information content (AvgIpc) is 3.01. The van der Waals surface area contributed by atoms with Crippen molar-refractivity contribution in [2.24, 2.45) is 11.8 Å². The van der Waals surface area contributed by atoms with E-state index in [1.165, 1.54) is 12.8 Å². The van der Waals surface area contributed by atoms with E-state index < -0.39 is 5.91 Å². The number of nitrogens with one attached hydrogen (secondary N) is 1. The van der Waals surface area contributed by atoms with Crippen molar-refractivity contribution in [3.8, 4) is 0 Å². The van der Waals surface area contributed by atoms with Gasteiger partial charge in [-0.2, -0.15) is 0 Å². The number of carbonyl (C=O) groups is 1. The first-order valence-electron chi connectivity index (χ1n) is 5.38. The monoisotopic (exact) mass is 224 g/mol. The van der Waals surface area contributed by atoms with Gasteiger partial charge in [-0.3, -0.25) is 10.2 Å². The van der Waals surface area contributed by atoms with Crippen LogP contribution in [0.15, 0.2) is 10.5 Å². The Hall–Kier alpha value is -1.33. The van der Waals surface area contributed by atoms with E-state index in [1.807, 2.05) is 5.43 Å². The van der Waals surface area contributed by atoms with Crippen LogP contribution in [0, 0.1) is 12.8 Å². The maximum atomic E-state index is 11.3. The molecule has 0 saturated heterocycles. The molecule has 0 unspecified atom stereocenters. The smallest absolute Gasteiger partial charge is 0.301 e. The normalized spacial score (nSPS) is 15.1. The van der Waals surface area contributed by atoms with E-state index in [2.05, 4.69) is 0 Å². The third kappa shape index (κ3) is 2.62. The molecule has 88 valence electrons.